The number of Topliss-reactive ketones (excluding diaryl/α,β-unsaturated/α-hetero) is 2. The smallest absolute Gasteiger partial charge is 0.488 e. The lowest BCUT2D eigenvalue weighted by atomic mass is 9.84. The van der Waals surface area contributed by atoms with E-state index in [0.717, 1.165) is 5.56 Å². The molecule has 1 radical (unpaired) electrons. The van der Waals surface area contributed by atoms with Crippen LogP contribution >= 0.6 is 0 Å². The van der Waals surface area contributed by atoms with E-state index in [0.29, 0.717) is 17.7 Å². The lowest BCUT2D eigenvalue weighted by Crippen LogP contribution is -2.41. The van der Waals surface area contributed by atoms with Gasteiger partial charge in [-0.1, -0.05) is 19.1 Å². The Hall–Kier alpha value is -1.72. The van der Waals surface area contributed by atoms with Gasteiger partial charge < -0.3 is 4.74 Å². The molecule has 1 aromatic carbocycles. The summed E-state index contributed by atoms with van der Waals surface area (Å²) in [6.45, 7) is 5.29. The van der Waals surface area contributed by atoms with Gasteiger partial charge in [-0.15, -0.1) is 0 Å². The average molecular weight is 281 g/mol. The third-order valence-electron chi connectivity index (χ3n) is 3.24. The molecule has 0 aromatic heterocycles. The van der Waals surface area contributed by atoms with Gasteiger partial charge in [0.05, 0.1) is 5.56 Å². The van der Waals surface area contributed by atoms with Crippen LogP contribution in [-0.4, -0.2) is 25.5 Å². The summed E-state index contributed by atoms with van der Waals surface area (Å²) >= 11 is 0. The molecule has 1 aliphatic rings. The van der Waals surface area contributed by atoms with Crippen molar-refractivity contribution in [2.24, 2.45) is 5.92 Å². The highest BCUT2D eigenvalue weighted by atomic mass is 19.2. The van der Waals surface area contributed by atoms with Crippen molar-refractivity contribution < 1.29 is 23.0 Å². The fraction of sp³-hybridized carbons (Fsp3) is 0.429. The summed E-state index contributed by atoms with van der Waals surface area (Å²) in [4.78, 5) is 23.9. The van der Waals surface area contributed by atoms with Crippen molar-refractivity contribution in [1.82, 2.24) is 0 Å². The number of aryl methyl sites for hydroxylation is 1. The number of ketones is 2. The second-order valence-corrected chi connectivity index (χ2v) is 4.55. The lowest BCUT2D eigenvalue weighted by molar-refractivity contribution is -0.122. The van der Waals surface area contributed by atoms with Crippen molar-refractivity contribution >= 4 is 19.4 Å². The molecule has 2 rings (SSSR count). The number of benzene rings is 1. The predicted molar refractivity (Wildman–Crippen MR) is 72.4 cm³/mol. The minimum absolute atomic E-state index is 0.102. The number of hydrogen-bond donors (Lipinski definition) is 0. The average Bonchev–Trinajstić information content (AvgIpc) is 2.40. The number of halogens is 2. The van der Waals surface area contributed by atoms with Gasteiger partial charge in [0, 0.05) is 0 Å². The standard InChI is InChI=1S/C14H16O3.BF2/c1-4-11-12(9(3)15)13(16)10-7-5-6-8(2)14(10)17-11;2-1-3/h5-7,11-12H,4H2,1-3H3;. The molecule has 0 saturated carbocycles. The molecule has 0 spiro atoms. The van der Waals surface area contributed by atoms with Crippen molar-refractivity contribution in [3.8, 4) is 5.75 Å². The van der Waals surface area contributed by atoms with Crippen LogP contribution in [0, 0.1) is 12.8 Å². The van der Waals surface area contributed by atoms with E-state index < -0.39 is 13.8 Å². The van der Waals surface area contributed by atoms with Gasteiger partial charge >= 0.3 is 7.83 Å². The fourth-order valence-corrected chi connectivity index (χ4v) is 2.32. The molecule has 1 aliphatic heterocycles. The molecule has 0 amide bonds. The molecule has 2 atom stereocenters. The van der Waals surface area contributed by atoms with E-state index >= 15 is 0 Å². The van der Waals surface area contributed by atoms with Crippen LogP contribution in [0.4, 0.5) is 8.63 Å². The van der Waals surface area contributed by atoms with E-state index in [1.807, 2.05) is 26.0 Å². The largest absolute Gasteiger partial charge is 0.577 e. The Labute approximate surface area is 117 Å². The number of ether oxygens (including phenoxy) is 1. The van der Waals surface area contributed by atoms with Crippen LogP contribution in [0.25, 0.3) is 0 Å². The first kappa shape index (κ1) is 16.3. The van der Waals surface area contributed by atoms with Gasteiger partial charge in [0.1, 0.15) is 23.6 Å². The number of para-hydroxylation sites is 1. The Morgan fingerprint density at radius 2 is 2.00 bits per heavy atom. The summed E-state index contributed by atoms with van der Waals surface area (Å²) in [7, 11) is -1.00. The molecule has 0 saturated heterocycles. The van der Waals surface area contributed by atoms with Gasteiger partial charge in [0.25, 0.3) is 0 Å². The fourth-order valence-electron chi connectivity index (χ4n) is 2.32. The molecule has 0 fully saturated rings. The van der Waals surface area contributed by atoms with E-state index in [1.165, 1.54) is 6.92 Å². The number of fused-ring (bicyclic) bond motifs is 1. The maximum Gasteiger partial charge on any atom is 0.577 e. The lowest BCUT2D eigenvalue weighted by Gasteiger charge is -2.31. The first-order valence-electron chi connectivity index (χ1n) is 6.30. The molecule has 0 N–H and O–H groups in total. The van der Waals surface area contributed by atoms with Crippen LogP contribution in [-0.2, 0) is 4.79 Å². The first-order chi connectivity index (χ1) is 9.47. The molecule has 1 heterocycles. The highest BCUT2D eigenvalue weighted by molar-refractivity contribution is 6.15. The van der Waals surface area contributed by atoms with Crippen molar-refractivity contribution in [2.45, 2.75) is 33.3 Å². The number of hydrogen-bond acceptors (Lipinski definition) is 3. The Bertz CT molecular complexity index is 505. The molecule has 107 valence electrons. The zero-order valence-corrected chi connectivity index (χ0v) is 11.7. The number of carbonyl (C=O) groups excluding carboxylic acids is 2. The monoisotopic (exact) mass is 281 g/mol. The zero-order valence-electron chi connectivity index (χ0n) is 11.7. The molecule has 1 aromatic rings. The normalized spacial score (nSPS) is 20.1. The minimum Gasteiger partial charge on any atom is -0.488 e. The summed E-state index contributed by atoms with van der Waals surface area (Å²) in [6.07, 6.45) is 0.331. The summed E-state index contributed by atoms with van der Waals surface area (Å²) in [5.74, 6) is -0.223. The van der Waals surface area contributed by atoms with Crippen LogP contribution in [0.15, 0.2) is 18.2 Å². The third kappa shape index (κ3) is 3.24. The van der Waals surface area contributed by atoms with E-state index in [4.69, 9.17) is 4.74 Å². The maximum absolute atomic E-state index is 12.3. The van der Waals surface area contributed by atoms with Gasteiger partial charge in [-0.3, -0.25) is 18.2 Å². The first-order valence-corrected chi connectivity index (χ1v) is 6.30. The van der Waals surface area contributed by atoms with E-state index in [1.54, 1.807) is 6.07 Å². The Morgan fingerprint density at radius 3 is 2.50 bits per heavy atom. The molecular weight excluding hydrogens is 265 g/mol. The molecule has 0 aliphatic carbocycles. The van der Waals surface area contributed by atoms with Gasteiger partial charge in [-0.05, 0) is 31.9 Å². The SMILES string of the molecule is CCC1Oc2c(C)cccc2C(=O)C1C(C)=O.F[B]F. The minimum atomic E-state index is -1.00. The summed E-state index contributed by atoms with van der Waals surface area (Å²) in [5.41, 5.74) is 1.48. The topological polar surface area (TPSA) is 43.4 Å². The summed E-state index contributed by atoms with van der Waals surface area (Å²) in [6, 6.07) is 5.46. The van der Waals surface area contributed by atoms with Crippen molar-refractivity contribution in [1.29, 1.82) is 0 Å². The molecular formula is C14H16BF2O3. The second-order valence-electron chi connectivity index (χ2n) is 4.55. The quantitative estimate of drug-likeness (QED) is 0.618. The van der Waals surface area contributed by atoms with E-state index in [-0.39, 0.29) is 17.7 Å². The maximum atomic E-state index is 12.3. The number of rotatable bonds is 2. The zero-order chi connectivity index (χ0) is 15.3. The van der Waals surface area contributed by atoms with Crippen LogP contribution in [0.3, 0.4) is 0 Å². The second kappa shape index (κ2) is 7.17. The van der Waals surface area contributed by atoms with Crippen molar-refractivity contribution in [3.63, 3.8) is 0 Å². The van der Waals surface area contributed by atoms with E-state index in [9.17, 15) is 18.2 Å². The Morgan fingerprint density at radius 1 is 1.40 bits per heavy atom. The molecule has 3 nitrogen and oxygen atoms in total. The molecule has 6 heteroatoms. The summed E-state index contributed by atoms with van der Waals surface area (Å²) in [5, 5.41) is 0. The molecule has 20 heavy (non-hydrogen) atoms. The van der Waals surface area contributed by atoms with Crippen LogP contribution in [0.2, 0.25) is 0 Å². The van der Waals surface area contributed by atoms with Crippen LogP contribution in [0.1, 0.15) is 36.2 Å². The highest BCUT2D eigenvalue weighted by Crippen LogP contribution is 2.34. The van der Waals surface area contributed by atoms with Gasteiger partial charge in [0.2, 0.25) is 0 Å². The predicted octanol–water partition coefficient (Wildman–Crippen LogP) is 3.01. The Balaban J connectivity index is 0.000000612. The van der Waals surface area contributed by atoms with Crippen molar-refractivity contribution in [3.05, 3.63) is 29.3 Å². The van der Waals surface area contributed by atoms with Crippen LogP contribution in [0.5, 0.6) is 5.75 Å². The third-order valence-corrected chi connectivity index (χ3v) is 3.24. The van der Waals surface area contributed by atoms with E-state index in [2.05, 4.69) is 0 Å². The summed E-state index contributed by atoms with van der Waals surface area (Å²) < 4.78 is 24.8. The Kier molecular flexibility index (Phi) is 5.86. The highest BCUT2D eigenvalue weighted by Gasteiger charge is 2.39. The molecule has 0 bridgehead atoms. The van der Waals surface area contributed by atoms with Gasteiger partial charge in [0.15, 0.2) is 5.78 Å². The van der Waals surface area contributed by atoms with Gasteiger partial charge in [-0.25, -0.2) is 0 Å². The van der Waals surface area contributed by atoms with Crippen LogP contribution < -0.4 is 4.74 Å². The van der Waals surface area contributed by atoms with Gasteiger partial charge in [-0.2, -0.15) is 0 Å². The molecule has 2 unspecified atom stereocenters. The number of carbonyl (C=O) groups is 2. The van der Waals surface area contributed by atoms with Crippen molar-refractivity contribution in [2.75, 3.05) is 0 Å².